The summed E-state index contributed by atoms with van der Waals surface area (Å²) in [4.78, 5) is 30.1. The van der Waals surface area contributed by atoms with Gasteiger partial charge >= 0.3 is 0 Å². The van der Waals surface area contributed by atoms with Crippen molar-refractivity contribution in [2.45, 2.75) is 11.3 Å². The van der Waals surface area contributed by atoms with Crippen LogP contribution in [0.2, 0.25) is 5.02 Å². The third-order valence-corrected chi connectivity index (χ3v) is 6.91. The molecular formula is C24H19ClN2O3S2. The Bertz CT molecular complexity index is 1270. The molecular weight excluding hydrogens is 464 g/mol. The molecule has 0 fully saturated rings. The van der Waals surface area contributed by atoms with Crippen molar-refractivity contribution in [2.75, 3.05) is 17.7 Å². The van der Waals surface area contributed by atoms with Gasteiger partial charge in [0.25, 0.3) is 0 Å². The lowest BCUT2D eigenvalue weighted by atomic mass is 10.0. The van der Waals surface area contributed by atoms with Crippen molar-refractivity contribution in [3.05, 3.63) is 82.9 Å². The molecule has 0 radical (unpaired) electrons. The second-order valence-electron chi connectivity index (χ2n) is 6.76. The highest BCUT2D eigenvalue weighted by molar-refractivity contribution is 8.01. The molecule has 1 amide bonds. The van der Waals surface area contributed by atoms with Crippen molar-refractivity contribution in [1.29, 1.82) is 0 Å². The van der Waals surface area contributed by atoms with Gasteiger partial charge in [-0.25, -0.2) is 4.98 Å². The normalized spacial score (nSPS) is 10.8. The monoisotopic (exact) mass is 482 g/mol. The number of anilines is 1. The number of aromatic nitrogens is 1. The number of fused-ring (bicyclic) bond motifs is 1. The van der Waals surface area contributed by atoms with Crippen molar-refractivity contribution in [3.63, 3.8) is 0 Å². The van der Waals surface area contributed by atoms with Crippen LogP contribution < -0.4 is 10.1 Å². The van der Waals surface area contributed by atoms with Gasteiger partial charge in [0, 0.05) is 16.1 Å². The van der Waals surface area contributed by atoms with Gasteiger partial charge in [0.15, 0.2) is 10.1 Å². The number of ketones is 1. The zero-order chi connectivity index (χ0) is 22.5. The largest absolute Gasteiger partial charge is 0.494 e. The fourth-order valence-corrected chi connectivity index (χ4v) is 5.14. The highest BCUT2D eigenvalue weighted by Gasteiger charge is 2.16. The van der Waals surface area contributed by atoms with E-state index >= 15 is 0 Å². The number of hydrogen-bond donors (Lipinski definition) is 1. The summed E-state index contributed by atoms with van der Waals surface area (Å²) in [5.74, 6) is 0.539. The number of thioether (sulfide) groups is 1. The number of rotatable bonds is 8. The van der Waals surface area contributed by atoms with Gasteiger partial charge in [0.2, 0.25) is 5.91 Å². The van der Waals surface area contributed by atoms with E-state index in [0.717, 1.165) is 20.3 Å². The topological polar surface area (TPSA) is 68.3 Å². The van der Waals surface area contributed by atoms with Crippen LogP contribution in [-0.4, -0.2) is 29.0 Å². The number of hydrogen-bond acceptors (Lipinski definition) is 6. The van der Waals surface area contributed by atoms with E-state index in [-0.39, 0.29) is 17.4 Å². The summed E-state index contributed by atoms with van der Waals surface area (Å²) in [6.45, 7) is 2.54. The van der Waals surface area contributed by atoms with Crippen LogP contribution in [0.3, 0.4) is 0 Å². The Morgan fingerprint density at radius 3 is 2.69 bits per heavy atom. The molecule has 0 aliphatic carbocycles. The molecule has 0 spiro atoms. The summed E-state index contributed by atoms with van der Waals surface area (Å²) in [7, 11) is 0. The Balaban J connectivity index is 1.45. The van der Waals surface area contributed by atoms with Crippen LogP contribution in [0.4, 0.5) is 5.69 Å². The zero-order valence-corrected chi connectivity index (χ0v) is 19.5. The molecule has 1 N–H and O–H groups in total. The number of halogens is 1. The van der Waals surface area contributed by atoms with Gasteiger partial charge in [0.05, 0.1) is 28.3 Å². The first kappa shape index (κ1) is 22.3. The average molecular weight is 483 g/mol. The van der Waals surface area contributed by atoms with Crippen molar-refractivity contribution in [3.8, 4) is 5.75 Å². The van der Waals surface area contributed by atoms with E-state index in [1.165, 1.54) is 23.1 Å². The molecule has 0 bridgehead atoms. The Labute approximate surface area is 198 Å². The first-order valence-electron chi connectivity index (χ1n) is 9.89. The van der Waals surface area contributed by atoms with E-state index in [4.69, 9.17) is 16.3 Å². The highest BCUT2D eigenvalue weighted by Crippen LogP contribution is 2.32. The fraction of sp³-hybridized carbons (Fsp3) is 0.125. The minimum absolute atomic E-state index is 0.166. The lowest BCUT2D eigenvalue weighted by Crippen LogP contribution is -2.17. The molecule has 0 unspecified atom stereocenters. The average Bonchev–Trinajstić information content (AvgIpc) is 3.21. The van der Waals surface area contributed by atoms with Crippen LogP contribution >= 0.6 is 34.7 Å². The summed E-state index contributed by atoms with van der Waals surface area (Å²) in [6.07, 6.45) is 0. The maximum absolute atomic E-state index is 12.9. The molecule has 8 heteroatoms. The number of carbonyl (C=O) groups is 2. The molecule has 1 heterocycles. The molecule has 0 aliphatic heterocycles. The summed E-state index contributed by atoms with van der Waals surface area (Å²) in [6, 6.07) is 19.5. The van der Waals surface area contributed by atoms with Crippen molar-refractivity contribution in [2.24, 2.45) is 0 Å². The molecule has 4 aromatic rings. The summed E-state index contributed by atoms with van der Waals surface area (Å²) in [5, 5.41) is 3.26. The third-order valence-electron chi connectivity index (χ3n) is 4.51. The molecule has 5 nitrogen and oxygen atoms in total. The van der Waals surface area contributed by atoms with Crippen LogP contribution in [0.15, 0.2) is 71.1 Å². The molecule has 0 atom stereocenters. The first-order chi connectivity index (χ1) is 15.5. The maximum atomic E-state index is 12.9. The van der Waals surface area contributed by atoms with Gasteiger partial charge in [-0.3, -0.25) is 9.59 Å². The van der Waals surface area contributed by atoms with Crippen LogP contribution in [-0.2, 0) is 4.79 Å². The van der Waals surface area contributed by atoms with Crippen LogP contribution in [0.5, 0.6) is 5.75 Å². The van der Waals surface area contributed by atoms with Crippen LogP contribution in [0.25, 0.3) is 10.2 Å². The zero-order valence-electron chi connectivity index (χ0n) is 17.1. The third kappa shape index (κ3) is 5.30. The minimum Gasteiger partial charge on any atom is -0.494 e. The first-order valence-corrected chi connectivity index (χ1v) is 12.1. The Morgan fingerprint density at radius 1 is 1.09 bits per heavy atom. The van der Waals surface area contributed by atoms with E-state index < -0.39 is 0 Å². The molecule has 0 saturated heterocycles. The number of thiazole rings is 1. The SMILES string of the molecule is CCOc1ccc2nc(SCC(=O)Nc3ccc(Cl)cc3C(=O)c3ccccc3)sc2c1. The lowest BCUT2D eigenvalue weighted by Gasteiger charge is -2.11. The van der Waals surface area contributed by atoms with E-state index in [1.54, 1.807) is 42.5 Å². The molecule has 0 aliphatic rings. The Morgan fingerprint density at radius 2 is 1.91 bits per heavy atom. The number of amides is 1. The predicted molar refractivity (Wildman–Crippen MR) is 131 cm³/mol. The summed E-state index contributed by atoms with van der Waals surface area (Å²) in [5.41, 5.74) is 2.18. The Kier molecular flexibility index (Phi) is 7.09. The number of nitrogens with one attached hydrogen (secondary N) is 1. The highest BCUT2D eigenvalue weighted by atomic mass is 35.5. The van der Waals surface area contributed by atoms with Gasteiger partial charge in [-0.15, -0.1) is 11.3 Å². The Hall–Kier alpha value is -2.87. The number of carbonyl (C=O) groups excluding carboxylic acids is 2. The van der Waals surface area contributed by atoms with E-state index in [9.17, 15) is 9.59 Å². The smallest absolute Gasteiger partial charge is 0.234 e. The fourth-order valence-electron chi connectivity index (χ4n) is 3.07. The van der Waals surface area contributed by atoms with Gasteiger partial charge < -0.3 is 10.1 Å². The van der Waals surface area contributed by atoms with Gasteiger partial charge in [-0.2, -0.15) is 0 Å². The minimum atomic E-state index is -0.228. The van der Waals surface area contributed by atoms with Gasteiger partial charge in [-0.05, 0) is 43.3 Å². The van der Waals surface area contributed by atoms with Crippen molar-refractivity contribution >= 4 is 62.3 Å². The lowest BCUT2D eigenvalue weighted by molar-refractivity contribution is -0.113. The second kappa shape index (κ2) is 10.2. The molecule has 32 heavy (non-hydrogen) atoms. The molecule has 162 valence electrons. The number of benzene rings is 3. The van der Waals surface area contributed by atoms with E-state index in [0.29, 0.717) is 28.4 Å². The standard InChI is InChI=1S/C24H19ClN2O3S2/c1-2-30-17-9-11-20-21(13-17)32-24(27-20)31-14-22(28)26-19-10-8-16(25)12-18(19)23(29)15-6-4-3-5-7-15/h3-13H,2,14H2,1H3,(H,26,28). The maximum Gasteiger partial charge on any atom is 0.234 e. The van der Waals surface area contributed by atoms with Gasteiger partial charge in [0.1, 0.15) is 5.75 Å². The summed E-state index contributed by atoms with van der Waals surface area (Å²) >= 11 is 8.97. The van der Waals surface area contributed by atoms with E-state index in [1.807, 2.05) is 31.2 Å². The van der Waals surface area contributed by atoms with Crippen LogP contribution in [0, 0.1) is 0 Å². The molecule has 3 aromatic carbocycles. The molecule has 0 saturated carbocycles. The molecule has 1 aromatic heterocycles. The second-order valence-corrected chi connectivity index (χ2v) is 9.45. The van der Waals surface area contributed by atoms with Gasteiger partial charge in [-0.1, -0.05) is 53.7 Å². The number of nitrogens with zero attached hydrogens (tertiary/aromatic N) is 1. The van der Waals surface area contributed by atoms with Crippen molar-refractivity contribution < 1.29 is 14.3 Å². The van der Waals surface area contributed by atoms with Crippen LogP contribution in [0.1, 0.15) is 22.8 Å². The van der Waals surface area contributed by atoms with E-state index in [2.05, 4.69) is 10.3 Å². The summed E-state index contributed by atoms with van der Waals surface area (Å²) < 4.78 is 7.33. The molecule has 4 rings (SSSR count). The van der Waals surface area contributed by atoms with Crippen molar-refractivity contribution in [1.82, 2.24) is 4.98 Å². The number of ether oxygens (including phenoxy) is 1. The predicted octanol–water partition coefficient (Wildman–Crippen LogP) is 6.31. The quantitative estimate of drug-likeness (QED) is 0.235.